The number of ether oxygens (including phenoxy) is 1. The van der Waals surface area contributed by atoms with Crippen molar-refractivity contribution in [2.24, 2.45) is 0 Å². The lowest BCUT2D eigenvalue weighted by Crippen LogP contribution is -2.58. The molecule has 3 rings (SSSR count). The topological polar surface area (TPSA) is 49.9 Å². The molecular formula is C30H41FN2O3. The van der Waals surface area contributed by atoms with E-state index in [0.29, 0.717) is 24.4 Å². The first-order valence-electron chi connectivity index (χ1n) is 12.8. The molecule has 1 saturated heterocycles. The summed E-state index contributed by atoms with van der Waals surface area (Å²) in [4.78, 5) is 29.5. The molecule has 1 amide bonds. The van der Waals surface area contributed by atoms with Gasteiger partial charge in [0.25, 0.3) is 5.91 Å². The van der Waals surface area contributed by atoms with Crippen molar-refractivity contribution >= 4 is 12.2 Å². The Morgan fingerprint density at radius 1 is 1.00 bits per heavy atom. The standard InChI is InChI=1S/C30H41FN2O3/c1-20-16-33(21(2)15-32(20)17-22-9-11-25(31)12-10-22)27(35)19-36-28-23(18-34)13-24(29(3,4)5)14-26(28)30(6,7)8/h9-14,18,20-21H,15-17,19H2,1-8H3/t20-,21+/m1/s1. The smallest absolute Gasteiger partial charge is 0.260 e. The molecule has 6 heteroatoms. The van der Waals surface area contributed by atoms with Crippen molar-refractivity contribution in [1.29, 1.82) is 0 Å². The van der Waals surface area contributed by atoms with Crippen LogP contribution in [-0.4, -0.2) is 53.8 Å². The molecule has 5 nitrogen and oxygen atoms in total. The van der Waals surface area contributed by atoms with Gasteiger partial charge in [-0.25, -0.2) is 4.39 Å². The molecular weight excluding hydrogens is 455 g/mol. The van der Waals surface area contributed by atoms with Gasteiger partial charge in [0, 0.05) is 37.3 Å². The van der Waals surface area contributed by atoms with Crippen molar-refractivity contribution in [1.82, 2.24) is 9.80 Å². The summed E-state index contributed by atoms with van der Waals surface area (Å²) in [7, 11) is 0. The van der Waals surface area contributed by atoms with Crippen LogP contribution in [0.25, 0.3) is 0 Å². The fraction of sp³-hybridized carbons (Fsp3) is 0.533. The van der Waals surface area contributed by atoms with E-state index in [1.54, 1.807) is 12.1 Å². The summed E-state index contributed by atoms with van der Waals surface area (Å²) in [6, 6.07) is 10.7. The Kier molecular flexibility index (Phi) is 8.29. The van der Waals surface area contributed by atoms with Crippen molar-refractivity contribution in [2.75, 3.05) is 19.7 Å². The highest BCUT2D eigenvalue weighted by molar-refractivity contribution is 5.83. The first-order chi connectivity index (χ1) is 16.7. The maximum Gasteiger partial charge on any atom is 0.260 e. The van der Waals surface area contributed by atoms with Gasteiger partial charge in [0.15, 0.2) is 12.9 Å². The molecule has 196 valence electrons. The zero-order valence-electron chi connectivity index (χ0n) is 23.0. The molecule has 0 N–H and O–H groups in total. The molecule has 2 aromatic rings. The molecule has 0 radical (unpaired) electrons. The Morgan fingerprint density at radius 3 is 2.19 bits per heavy atom. The van der Waals surface area contributed by atoms with E-state index in [0.717, 1.165) is 29.5 Å². The van der Waals surface area contributed by atoms with Crippen LogP contribution in [0.2, 0.25) is 0 Å². The summed E-state index contributed by atoms with van der Waals surface area (Å²) >= 11 is 0. The van der Waals surface area contributed by atoms with Crippen LogP contribution in [0.1, 0.15) is 82.4 Å². The van der Waals surface area contributed by atoms with E-state index >= 15 is 0 Å². The lowest BCUT2D eigenvalue weighted by molar-refractivity contribution is -0.139. The highest BCUT2D eigenvalue weighted by Crippen LogP contribution is 2.38. The fourth-order valence-corrected chi connectivity index (χ4v) is 4.70. The third-order valence-corrected chi connectivity index (χ3v) is 6.99. The number of piperazine rings is 1. The Morgan fingerprint density at radius 2 is 1.64 bits per heavy atom. The number of hydrogen-bond acceptors (Lipinski definition) is 4. The maximum atomic E-state index is 13.3. The van der Waals surface area contributed by atoms with Crippen LogP contribution in [0.15, 0.2) is 36.4 Å². The van der Waals surface area contributed by atoms with Gasteiger partial charge < -0.3 is 9.64 Å². The van der Waals surface area contributed by atoms with Crippen molar-refractivity contribution in [3.63, 3.8) is 0 Å². The predicted octanol–water partition coefficient (Wildman–Crippen LogP) is 5.73. The number of carbonyl (C=O) groups excluding carboxylic acids is 2. The van der Waals surface area contributed by atoms with Gasteiger partial charge in [0.1, 0.15) is 11.6 Å². The first-order valence-corrected chi connectivity index (χ1v) is 12.8. The molecule has 0 saturated carbocycles. The largest absolute Gasteiger partial charge is 0.483 e. The van der Waals surface area contributed by atoms with Gasteiger partial charge in [-0.15, -0.1) is 0 Å². The molecule has 1 fully saturated rings. The number of aldehydes is 1. The average molecular weight is 497 g/mol. The summed E-state index contributed by atoms with van der Waals surface area (Å²) in [5.74, 6) is 0.165. The molecule has 0 unspecified atom stereocenters. The number of carbonyl (C=O) groups is 2. The number of benzene rings is 2. The Labute approximate surface area is 215 Å². The van der Waals surface area contributed by atoms with E-state index in [-0.39, 0.29) is 41.2 Å². The zero-order chi connectivity index (χ0) is 26.8. The molecule has 0 spiro atoms. The summed E-state index contributed by atoms with van der Waals surface area (Å²) in [6.45, 7) is 18.6. The van der Waals surface area contributed by atoms with Crippen LogP contribution in [0.3, 0.4) is 0 Å². The summed E-state index contributed by atoms with van der Waals surface area (Å²) in [5, 5.41) is 0. The minimum absolute atomic E-state index is 0.00800. The summed E-state index contributed by atoms with van der Waals surface area (Å²) < 4.78 is 19.4. The van der Waals surface area contributed by atoms with E-state index in [1.807, 2.05) is 17.9 Å². The van der Waals surface area contributed by atoms with Gasteiger partial charge in [-0.2, -0.15) is 0 Å². The monoisotopic (exact) mass is 496 g/mol. The third kappa shape index (κ3) is 6.52. The molecule has 0 bridgehead atoms. The minimum atomic E-state index is -0.259. The number of amides is 1. The molecule has 36 heavy (non-hydrogen) atoms. The highest BCUT2D eigenvalue weighted by atomic mass is 19.1. The predicted molar refractivity (Wildman–Crippen MR) is 142 cm³/mol. The summed E-state index contributed by atoms with van der Waals surface area (Å²) in [5.41, 5.74) is 3.14. The van der Waals surface area contributed by atoms with Gasteiger partial charge in [0.05, 0.1) is 5.56 Å². The van der Waals surface area contributed by atoms with Gasteiger partial charge >= 0.3 is 0 Å². The number of hydrogen-bond donors (Lipinski definition) is 0. The number of rotatable bonds is 6. The lowest BCUT2D eigenvalue weighted by Gasteiger charge is -2.44. The second-order valence-electron chi connectivity index (χ2n) is 12.1. The highest BCUT2D eigenvalue weighted by Gasteiger charge is 2.33. The van der Waals surface area contributed by atoms with Crippen LogP contribution in [-0.2, 0) is 22.2 Å². The van der Waals surface area contributed by atoms with Crippen LogP contribution in [0, 0.1) is 5.82 Å². The van der Waals surface area contributed by atoms with Gasteiger partial charge in [-0.3, -0.25) is 14.5 Å². The van der Waals surface area contributed by atoms with Crippen LogP contribution < -0.4 is 4.74 Å². The van der Waals surface area contributed by atoms with E-state index in [9.17, 15) is 14.0 Å². The molecule has 0 aromatic heterocycles. The van der Waals surface area contributed by atoms with Crippen molar-refractivity contribution in [3.8, 4) is 5.75 Å². The second kappa shape index (κ2) is 10.7. The van der Waals surface area contributed by atoms with E-state index < -0.39 is 0 Å². The van der Waals surface area contributed by atoms with Gasteiger partial charge in [0.2, 0.25) is 0 Å². The first kappa shape index (κ1) is 27.9. The van der Waals surface area contributed by atoms with Gasteiger partial charge in [-0.1, -0.05) is 59.7 Å². The molecule has 1 aliphatic rings. The number of nitrogens with zero attached hydrogens (tertiary/aromatic N) is 2. The zero-order valence-corrected chi connectivity index (χ0v) is 23.0. The fourth-order valence-electron chi connectivity index (χ4n) is 4.70. The quantitative estimate of drug-likeness (QED) is 0.479. The Balaban J connectivity index is 1.74. The van der Waals surface area contributed by atoms with Crippen LogP contribution in [0.5, 0.6) is 5.75 Å². The molecule has 0 aliphatic carbocycles. The number of halogens is 1. The van der Waals surface area contributed by atoms with Crippen molar-refractivity contribution in [2.45, 2.75) is 84.8 Å². The van der Waals surface area contributed by atoms with Crippen molar-refractivity contribution in [3.05, 3.63) is 64.5 Å². The van der Waals surface area contributed by atoms with Crippen LogP contribution in [0.4, 0.5) is 4.39 Å². The maximum absolute atomic E-state index is 13.3. The molecule has 2 aromatic carbocycles. The van der Waals surface area contributed by atoms with Crippen molar-refractivity contribution < 1.29 is 18.7 Å². The van der Waals surface area contributed by atoms with E-state index in [2.05, 4.69) is 59.4 Å². The molecule has 1 heterocycles. The second-order valence-corrected chi connectivity index (χ2v) is 12.1. The third-order valence-electron chi connectivity index (χ3n) is 6.99. The molecule has 1 aliphatic heterocycles. The average Bonchev–Trinajstić information content (AvgIpc) is 2.79. The van der Waals surface area contributed by atoms with E-state index in [4.69, 9.17) is 4.74 Å². The Bertz CT molecular complexity index is 1080. The minimum Gasteiger partial charge on any atom is -0.483 e. The lowest BCUT2D eigenvalue weighted by atomic mass is 9.79. The normalized spacial score (nSPS) is 19.3. The summed E-state index contributed by atoms with van der Waals surface area (Å²) in [6.07, 6.45) is 0.823. The Hall–Kier alpha value is -2.73. The molecule has 2 atom stereocenters. The van der Waals surface area contributed by atoms with E-state index in [1.165, 1.54) is 12.1 Å². The van der Waals surface area contributed by atoms with Crippen LogP contribution >= 0.6 is 0 Å². The SMILES string of the molecule is C[C@@H]1CN(C(=O)COc2c(C=O)cc(C(C)(C)C)cc2C(C)(C)C)[C@@H](C)CN1Cc1ccc(F)cc1. The van der Waals surface area contributed by atoms with Gasteiger partial charge in [-0.05, 0) is 54.0 Å².